The smallest absolute Gasteiger partial charge is 0.0622 e. The van der Waals surface area contributed by atoms with Crippen molar-refractivity contribution < 1.29 is 0 Å². The summed E-state index contributed by atoms with van der Waals surface area (Å²) >= 11 is 0. The van der Waals surface area contributed by atoms with Crippen LogP contribution in [0.3, 0.4) is 0 Å². The first-order chi connectivity index (χ1) is 7.77. The molecule has 16 heavy (non-hydrogen) atoms. The molecule has 0 atom stereocenters. The SMILES string of the molecule is CCCc1ccc(N(C)CCCC#N)cc1. The fourth-order valence-electron chi connectivity index (χ4n) is 1.73. The summed E-state index contributed by atoms with van der Waals surface area (Å²) in [4.78, 5) is 2.20. The fourth-order valence-corrected chi connectivity index (χ4v) is 1.73. The Balaban J connectivity index is 2.49. The lowest BCUT2D eigenvalue weighted by Crippen LogP contribution is -2.18. The molecule has 0 radical (unpaired) electrons. The molecule has 0 heterocycles. The van der Waals surface area contributed by atoms with Gasteiger partial charge >= 0.3 is 0 Å². The van der Waals surface area contributed by atoms with Crippen molar-refractivity contribution in [2.75, 3.05) is 18.5 Å². The summed E-state index contributed by atoms with van der Waals surface area (Å²) in [5.74, 6) is 0. The van der Waals surface area contributed by atoms with E-state index in [1.54, 1.807) is 0 Å². The fraction of sp³-hybridized carbons (Fsp3) is 0.500. The number of nitrogens with zero attached hydrogens (tertiary/aromatic N) is 2. The molecule has 2 nitrogen and oxygen atoms in total. The zero-order valence-corrected chi connectivity index (χ0v) is 10.2. The largest absolute Gasteiger partial charge is 0.375 e. The molecule has 1 rings (SSSR count). The molecule has 0 saturated heterocycles. The summed E-state index contributed by atoms with van der Waals surface area (Å²) in [6.07, 6.45) is 3.91. The summed E-state index contributed by atoms with van der Waals surface area (Å²) < 4.78 is 0. The van der Waals surface area contributed by atoms with Gasteiger partial charge in [0.15, 0.2) is 0 Å². The van der Waals surface area contributed by atoms with Gasteiger partial charge in [0.05, 0.1) is 6.07 Å². The average molecular weight is 216 g/mol. The van der Waals surface area contributed by atoms with E-state index in [0.29, 0.717) is 6.42 Å². The van der Waals surface area contributed by atoms with Gasteiger partial charge in [0, 0.05) is 25.7 Å². The van der Waals surface area contributed by atoms with Crippen LogP contribution in [0, 0.1) is 11.3 Å². The third-order valence-electron chi connectivity index (χ3n) is 2.70. The van der Waals surface area contributed by atoms with Crippen molar-refractivity contribution in [1.29, 1.82) is 5.26 Å². The second-order valence-corrected chi connectivity index (χ2v) is 4.10. The van der Waals surface area contributed by atoms with Crippen LogP contribution in [0.4, 0.5) is 5.69 Å². The first-order valence-corrected chi connectivity index (χ1v) is 5.95. The van der Waals surface area contributed by atoms with E-state index in [2.05, 4.69) is 49.2 Å². The molecule has 0 amide bonds. The van der Waals surface area contributed by atoms with Crippen LogP contribution in [0.25, 0.3) is 0 Å². The zero-order chi connectivity index (χ0) is 11.8. The van der Waals surface area contributed by atoms with Gasteiger partial charge in [0.2, 0.25) is 0 Å². The summed E-state index contributed by atoms with van der Waals surface area (Å²) in [5.41, 5.74) is 2.63. The van der Waals surface area contributed by atoms with Crippen molar-refractivity contribution in [2.24, 2.45) is 0 Å². The highest BCUT2D eigenvalue weighted by molar-refractivity contribution is 5.46. The lowest BCUT2D eigenvalue weighted by molar-refractivity contribution is 0.806. The molecule has 0 spiro atoms. The van der Waals surface area contributed by atoms with Crippen molar-refractivity contribution in [3.05, 3.63) is 29.8 Å². The number of hydrogen-bond donors (Lipinski definition) is 0. The number of rotatable bonds is 6. The molecular weight excluding hydrogens is 196 g/mol. The highest BCUT2D eigenvalue weighted by atomic mass is 15.1. The Morgan fingerprint density at radius 2 is 1.94 bits per heavy atom. The molecule has 0 unspecified atom stereocenters. The number of hydrogen-bond acceptors (Lipinski definition) is 2. The van der Waals surface area contributed by atoms with Gasteiger partial charge in [-0.1, -0.05) is 25.5 Å². The van der Waals surface area contributed by atoms with Crippen LogP contribution in [0.1, 0.15) is 31.7 Å². The maximum Gasteiger partial charge on any atom is 0.0622 e. The predicted octanol–water partition coefficient (Wildman–Crippen LogP) is 3.38. The third-order valence-corrected chi connectivity index (χ3v) is 2.70. The Bertz CT molecular complexity index is 335. The van der Waals surface area contributed by atoms with E-state index in [9.17, 15) is 0 Å². The number of unbranched alkanes of at least 4 members (excludes halogenated alkanes) is 1. The monoisotopic (exact) mass is 216 g/mol. The normalized spacial score (nSPS) is 9.81. The number of nitriles is 1. The summed E-state index contributed by atoms with van der Waals surface area (Å²) in [6.45, 7) is 3.14. The Morgan fingerprint density at radius 3 is 2.50 bits per heavy atom. The molecule has 86 valence electrons. The van der Waals surface area contributed by atoms with Gasteiger partial charge in [-0.05, 0) is 30.5 Å². The predicted molar refractivity (Wildman–Crippen MR) is 68.6 cm³/mol. The van der Waals surface area contributed by atoms with Crippen molar-refractivity contribution in [2.45, 2.75) is 32.6 Å². The number of benzene rings is 1. The Morgan fingerprint density at radius 1 is 1.25 bits per heavy atom. The minimum atomic E-state index is 0.637. The van der Waals surface area contributed by atoms with Crippen molar-refractivity contribution in [3.8, 4) is 6.07 Å². The number of aryl methyl sites for hydroxylation is 1. The first kappa shape index (κ1) is 12.6. The molecule has 0 aromatic heterocycles. The van der Waals surface area contributed by atoms with E-state index in [1.807, 2.05) is 0 Å². The van der Waals surface area contributed by atoms with Crippen LogP contribution >= 0.6 is 0 Å². The third kappa shape index (κ3) is 3.94. The lowest BCUT2D eigenvalue weighted by atomic mass is 10.1. The summed E-state index contributed by atoms with van der Waals surface area (Å²) in [7, 11) is 2.08. The Hall–Kier alpha value is -1.49. The van der Waals surface area contributed by atoms with Gasteiger partial charge in [-0.15, -0.1) is 0 Å². The molecular formula is C14H20N2. The molecule has 0 aliphatic heterocycles. The van der Waals surface area contributed by atoms with E-state index in [0.717, 1.165) is 19.4 Å². The quantitative estimate of drug-likeness (QED) is 0.682. The second-order valence-electron chi connectivity index (χ2n) is 4.10. The molecule has 1 aromatic carbocycles. The lowest BCUT2D eigenvalue weighted by Gasteiger charge is -2.18. The van der Waals surface area contributed by atoms with Gasteiger partial charge < -0.3 is 4.90 Å². The molecule has 2 heteroatoms. The molecule has 0 bridgehead atoms. The van der Waals surface area contributed by atoms with Crippen molar-refractivity contribution >= 4 is 5.69 Å². The average Bonchev–Trinajstić information content (AvgIpc) is 2.30. The minimum absolute atomic E-state index is 0.637. The second kappa shape index (κ2) is 6.90. The molecule has 0 N–H and O–H groups in total. The topological polar surface area (TPSA) is 27.0 Å². The van der Waals surface area contributed by atoms with E-state index < -0.39 is 0 Å². The van der Waals surface area contributed by atoms with Crippen molar-refractivity contribution in [3.63, 3.8) is 0 Å². The van der Waals surface area contributed by atoms with E-state index >= 15 is 0 Å². The molecule has 0 fully saturated rings. The number of anilines is 1. The minimum Gasteiger partial charge on any atom is -0.375 e. The van der Waals surface area contributed by atoms with Crippen LogP contribution in [-0.2, 0) is 6.42 Å². The van der Waals surface area contributed by atoms with Crippen molar-refractivity contribution in [1.82, 2.24) is 0 Å². The highest BCUT2D eigenvalue weighted by Gasteiger charge is 2.00. The molecule has 0 saturated carbocycles. The molecule has 0 aliphatic carbocycles. The van der Waals surface area contributed by atoms with Crippen LogP contribution in [-0.4, -0.2) is 13.6 Å². The van der Waals surface area contributed by atoms with E-state index in [-0.39, 0.29) is 0 Å². The van der Waals surface area contributed by atoms with Gasteiger partial charge in [-0.3, -0.25) is 0 Å². The maximum absolute atomic E-state index is 8.48. The summed E-state index contributed by atoms with van der Waals surface area (Å²) in [6, 6.07) is 10.9. The van der Waals surface area contributed by atoms with Crippen LogP contribution in [0.5, 0.6) is 0 Å². The Kier molecular flexibility index (Phi) is 5.42. The van der Waals surface area contributed by atoms with Gasteiger partial charge in [-0.25, -0.2) is 0 Å². The van der Waals surface area contributed by atoms with Gasteiger partial charge in [0.25, 0.3) is 0 Å². The van der Waals surface area contributed by atoms with Crippen LogP contribution in [0.2, 0.25) is 0 Å². The van der Waals surface area contributed by atoms with Gasteiger partial charge in [-0.2, -0.15) is 5.26 Å². The first-order valence-electron chi connectivity index (χ1n) is 5.95. The van der Waals surface area contributed by atoms with E-state index in [4.69, 9.17) is 5.26 Å². The van der Waals surface area contributed by atoms with Crippen LogP contribution in [0.15, 0.2) is 24.3 Å². The highest BCUT2D eigenvalue weighted by Crippen LogP contribution is 2.15. The zero-order valence-electron chi connectivity index (χ0n) is 10.2. The standard InChI is InChI=1S/C14H20N2/c1-3-6-13-7-9-14(10-8-13)16(2)12-5-4-11-15/h7-10H,3-6,12H2,1-2H3. The maximum atomic E-state index is 8.48. The molecule has 1 aromatic rings. The van der Waals surface area contributed by atoms with Crippen LogP contribution < -0.4 is 4.90 Å². The Labute approximate surface area is 98.5 Å². The van der Waals surface area contributed by atoms with E-state index in [1.165, 1.54) is 17.7 Å². The summed E-state index contributed by atoms with van der Waals surface area (Å²) in [5, 5.41) is 8.48. The molecule has 0 aliphatic rings. The van der Waals surface area contributed by atoms with Gasteiger partial charge in [0.1, 0.15) is 0 Å².